The number of nitriles is 1. The van der Waals surface area contributed by atoms with Gasteiger partial charge >= 0.3 is 0 Å². The van der Waals surface area contributed by atoms with Crippen LogP contribution < -0.4 is 9.47 Å². The Morgan fingerprint density at radius 3 is 3.04 bits per heavy atom. The van der Waals surface area contributed by atoms with Crippen molar-refractivity contribution in [1.82, 2.24) is 9.88 Å². The fourth-order valence-corrected chi connectivity index (χ4v) is 3.42. The number of carbonyl (C=O) groups excluding carboxylic acids is 1. The quantitative estimate of drug-likeness (QED) is 0.719. The number of amides is 1. The highest BCUT2D eigenvalue weighted by atomic mass is 16.5. The zero-order chi connectivity index (χ0) is 17.9. The second-order valence-electron chi connectivity index (χ2n) is 6.35. The van der Waals surface area contributed by atoms with Gasteiger partial charge in [0.25, 0.3) is 0 Å². The summed E-state index contributed by atoms with van der Waals surface area (Å²) in [5.74, 6) is 1.12. The third kappa shape index (κ3) is 3.16. The van der Waals surface area contributed by atoms with Crippen LogP contribution in [0.5, 0.6) is 11.6 Å². The fraction of sp³-hybridized carbons (Fsp3) is 0.421. The van der Waals surface area contributed by atoms with Gasteiger partial charge in [-0.05, 0) is 30.0 Å². The number of ether oxygens (including phenoxy) is 3. The standard InChI is InChI=1S/C19H19N3O4/c20-11-14-9-13-3-4-21-19-16(13)10-17(14)25-8-7-24-6-5-22-15(12-26-19)1-2-18(22)23/h3-4,9-10,15H,1-2,5-8,12H2. The van der Waals surface area contributed by atoms with Gasteiger partial charge in [0, 0.05) is 24.5 Å². The van der Waals surface area contributed by atoms with Crippen molar-refractivity contribution in [2.24, 2.45) is 0 Å². The molecule has 26 heavy (non-hydrogen) atoms. The topological polar surface area (TPSA) is 84.7 Å². The minimum Gasteiger partial charge on any atom is -0.490 e. The van der Waals surface area contributed by atoms with Crippen molar-refractivity contribution in [2.45, 2.75) is 18.9 Å². The van der Waals surface area contributed by atoms with E-state index < -0.39 is 0 Å². The first-order valence-electron chi connectivity index (χ1n) is 8.72. The smallest absolute Gasteiger partial charge is 0.223 e. The number of rotatable bonds is 0. The number of nitrogens with zero attached hydrogens (tertiary/aromatic N) is 3. The van der Waals surface area contributed by atoms with Crippen LogP contribution in [0.4, 0.5) is 0 Å². The van der Waals surface area contributed by atoms with Gasteiger partial charge in [-0.1, -0.05) is 0 Å². The zero-order valence-electron chi connectivity index (χ0n) is 14.3. The number of carbonyl (C=O) groups is 1. The third-order valence-corrected chi connectivity index (χ3v) is 4.78. The Morgan fingerprint density at radius 1 is 1.23 bits per heavy atom. The molecule has 7 heteroatoms. The molecule has 2 aliphatic heterocycles. The SMILES string of the molecule is N#Cc1cc2ccnc3c2cc1OCCOCCN1C(=O)CCC1CO3. The van der Waals surface area contributed by atoms with Crippen molar-refractivity contribution in [3.63, 3.8) is 0 Å². The molecule has 1 aromatic carbocycles. The molecule has 0 saturated carbocycles. The van der Waals surface area contributed by atoms with E-state index in [1.54, 1.807) is 18.3 Å². The normalized spacial score (nSPS) is 20.8. The van der Waals surface area contributed by atoms with Crippen LogP contribution in [0.2, 0.25) is 0 Å². The first-order chi connectivity index (χ1) is 12.8. The van der Waals surface area contributed by atoms with Gasteiger partial charge in [-0.2, -0.15) is 5.26 Å². The predicted octanol–water partition coefficient (Wildman–Crippen LogP) is 1.89. The van der Waals surface area contributed by atoms with Crippen LogP contribution in [0, 0.1) is 11.3 Å². The van der Waals surface area contributed by atoms with E-state index in [9.17, 15) is 10.1 Å². The monoisotopic (exact) mass is 353 g/mol. The zero-order valence-corrected chi connectivity index (χ0v) is 14.3. The molecule has 4 rings (SSSR count). The van der Waals surface area contributed by atoms with E-state index in [-0.39, 0.29) is 11.9 Å². The van der Waals surface area contributed by atoms with E-state index in [0.717, 1.165) is 17.2 Å². The number of fused-ring (bicyclic) bond motifs is 2. The summed E-state index contributed by atoms with van der Waals surface area (Å²) in [7, 11) is 0. The first-order valence-corrected chi connectivity index (χ1v) is 8.72. The molecule has 0 spiro atoms. The molecule has 3 heterocycles. The summed E-state index contributed by atoms with van der Waals surface area (Å²) in [5, 5.41) is 11.0. The summed E-state index contributed by atoms with van der Waals surface area (Å²) >= 11 is 0. The minimum atomic E-state index is 0.0280. The molecule has 134 valence electrons. The Hall–Kier alpha value is -2.85. The summed E-state index contributed by atoms with van der Waals surface area (Å²) in [6.45, 7) is 2.10. The Labute approximate surface area is 151 Å². The van der Waals surface area contributed by atoms with Crippen LogP contribution in [0.1, 0.15) is 18.4 Å². The van der Waals surface area contributed by atoms with E-state index in [1.807, 2.05) is 11.0 Å². The summed E-state index contributed by atoms with van der Waals surface area (Å²) < 4.78 is 17.3. The Kier molecular flexibility index (Phi) is 4.59. The van der Waals surface area contributed by atoms with E-state index in [4.69, 9.17) is 14.2 Å². The van der Waals surface area contributed by atoms with Crippen LogP contribution in [0.15, 0.2) is 24.4 Å². The summed E-state index contributed by atoms with van der Waals surface area (Å²) in [5.41, 5.74) is 0.467. The van der Waals surface area contributed by atoms with Crippen LogP contribution in [0.3, 0.4) is 0 Å². The predicted molar refractivity (Wildman–Crippen MR) is 93.0 cm³/mol. The van der Waals surface area contributed by atoms with Gasteiger partial charge in [0.2, 0.25) is 11.8 Å². The average Bonchev–Trinajstić information content (AvgIpc) is 3.01. The molecule has 1 aromatic heterocycles. The van der Waals surface area contributed by atoms with Gasteiger partial charge in [0.05, 0.1) is 24.8 Å². The number of pyridine rings is 1. The van der Waals surface area contributed by atoms with Crippen LogP contribution >= 0.6 is 0 Å². The van der Waals surface area contributed by atoms with Crippen LogP contribution in [-0.2, 0) is 9.53 Å². The van der Waals surface area contributed by atoms with Gasteiger partial charge in [0.15, 0.2) is 0 Å². The second-order valence-corrected chi connectivity index (χ2v) is 6.35. The largest absolute Gasteiger partial charge is 0.490 e. The van der Waals surface area contributed by atoms with Gasteiger partial charge in [0.1, 0.15) is 25.0 Å². The molecule has 0 N–H and O–H groups in total. The van der Waals surface area contributed by atoms with Crippen molar-refractivity contribution in [3.05, 3.63) is 30.0 Å². The highest BCUT2D eigenvalue weighted by Crippen LogP contribution is 2.31. The summed E-state index contributed by atoms with van der Waals surface area (Å²) in [4.78, 5) is 18.3. The number of hydrogen-bond acceptors (Lipinski definition) is 6. The Balaban J connectivity index is 1.70. The maximum Gasteiger partial charge on any atom is 0.223 e. The van der Waals surface area contributed by atoms with E-state index in [2.05, 4.69) is 11.1 Å². The van der Waals surface area contributed by atoms with Crippen molar-refractivity contribution >= 4 is 16.7 Å². The maximum atomic E-state index is 12.1. The molecule has 0 aliphatic carbocycles. The lowest BCUT2D eigenvalue weighted by molar-refractivity contribution is -0.130. The molecule has 7 nitrogen and oxygen atoms in total. The third-order valence-electron chi connectivity index (χ3n) is 4.78. The van der Waals surface area contributed by atoms with Crippen LogP contribution in [0.25, 0.3) is 10.8 Å². The van der Waals surface area contributed by atoms with E-state index in [1.165, 1.54) is 0 Å². The second kappa shape index (κ2) is 7.18. The van der Waals surface area contributed by atoms with Crippen molar-refractivity contribution in [1.29, 1.82) is 5.26 Å². The molecule has 1 unspecified atom stereocenters. The molecular weight excluding hydrogens is 334 g/mol. The lowest BCUT2D eigenvalue weighted by atomic mass is 10.1. The first kappa shape index (κ1) is 16.6. The molecule has 1 fully saturated rings. The summed E-state index contributed by atoms with van der Waals surface area (Å²) in [6, 6.07) is 7.60. The lowest BCUT2D eigenvalue weighted by Crippen LogP contribution is -2.39. The molecule has 0 radical (unpaired) electrons. The number of benzene rings is 1. The molecule has 1 saturated heterocycles. The van der Waals surface area contributed by atoms with E-state index in [0.29, 0.717) is 56.6 Å². The lowest BCUT2D eigenvalue weighted by Gasteiger charge is -2.25. The van der Waals surface area contributed by atoms with Gasteiger partial charge in [-0.3, -0.25) is 4.79 Å². The van der Waals surface area contributed by atoms with Gasteiger partial charge < -0.3 is 19.1 Å². The average molecular weight is 353 g/mol. The summed E-state index contributed by atoms with van der Waals surface area (Å²) in [6.07, 6.45) is 2.97. The highest BCUT2D eigenvalue weighted by molar-refractivity contribution is 5.89. The highest BCUT2D eigenvalue weighted by Gasteiger charge is 2.31. The molecule has 2 aliphatic rings. The number of hydrogen-bond donors (Lipinski definition) is 0. The Morgan fingerprint density at radius 2 is 2.15 bits per heavy atom. The molecule has 2 aromatic rings. The van der Waals surface area contributed by atoms with Gasteiger partial charge in [-0.15, -0.1) is 0 Å². The molecule has 2 bridgehead atoms. The Bertz CT molecular complexity index is 877. The van der Waals surface area contributed by atoms with Crippen LogP contribution in [-0.4, -0.2) is 54.8 Å². The molecule has 1 atom stereocenters. The maximum absolute atomic E-state index is 12.1. The van der Waals surface area contributed by atoms with Crippen molar-refractivity contribution < 1.29 is 19.0 Å². The van der Waals surface area contributed by atoms with Crippen molar-refractivity contribution in [3.8, 4) is 17.7 Å². The minimum absolute atomic E-state index is 0.0280. The molecule has 1 amide bonds. The van der Waals surface area contributed by atoms with E-state index >= 15 is 0 Å². The van der Waals surface area contributed by atoms with Gasteiger partial charge in [-0.25, -0.2) is 4.98 Å². The fourth-order valence-electron chi connectivity index (χ4n) is 3.42. The molecular formula is C19H19N3O4. The number of aromatic nitrogens is 1. The van der Waals surface area contributed by atoms with Crippen molar-refractivity contribution in [2.75, 3.05) is 33.0 Å².